The molecule has 0 spiro atoms. The Hall–Kier alpha value is -2.57. The fraction of sp³-hybridized carbons (Fsp3) is 0.167. The van der Waals surface area contributed by atoms with Crippen molar-refractivity contribution in [2.24, 2.45) is 10.2 Å². The Balaban J connectivity index is 1.71. The Morgan fingerprint density at radius 2 is 1.54 bits per heavy atom. The van der Waals surface area contributed by atoms with Crippen LogP contribution in [0.1, 0.15) is 10.6 Å². The van der Waals surface area contributed by atoms with Gasteiger partial charge < -0.3 is 0 Å². The van der Waals surface area contributed by atoms with E-state index in [1.54, 1.807) is 11.3 Å². The second-order valence-electron chi connectivity index (χ2n) is 5.20. The second-order valence-corrected chi connectivity index (χ2v) is 6.38. The third kappa shape index (κ3) is 4.04. The fourth-order valence-corrected chi connectivity index (χ4v) is 2.93. The third-order valence-corrected chi connectivity index (χ3v) is 4.46. The van der Waals surface area contributed by atoms with Crippen molar-refractivity contribution in [3.8, 4) is 0 Å². The molecule has 122 valence electrons. The third-order valence-electron chi connectivity index (χ3n) is 3.50. The van der Waals surface area contributed by atoms with E-state index in [4.69, 9.17) is 0 Å². The number of nitrogens with zero attached hydrogens (tertiary/aromatic N) is 4. The summed E-state index contributed by atoms with van der Waals surface area (Å²) in [6.07, 6.45) is 0. The van der Waals surface area contributed by atoms with E-state index in [9.17, 15) is 0 Å². The van der Waals surface area contributed by atoms with Crippen LogP contribution in [0.15, 0.2) is 70.9 Å². The molecule has 0 aliphatic heterocycles. The lowest BCUT2D eigenvalue weighted by Crippen LogP contribution is -2.33. The Labute approximate surface area is 145 Å². The van der Waals surface area contributed by atoms with Gasteiger partial charge in [0.1, 0.15) is 6.67 Å². The minimum absolute atomic E-state index is 0.363. The Morgan fingerprint density at radius 1 is 0.958 bits per heavy atom. The molecule has 2 aromatic carbocycles. The van der Waals surface area contributed by atoms with Crippen LogP contribution in [0.4, 0.5) is 16.5 Å². The van der Waals surface area contributed by atoms with Crippen molar-refractivity contribution in [2.75, 3.05) is 11.7 Å². The van der Waals surface area contributed by atoms with Crippen LogP contribution in [0, 0.1) is 13.8 Å². The van der Waals surface area contributed by atoms with Crippen molar-refractivity contribution >= 4 is 27.8 Å². The summed E-state index contributed by atoms with van der Waals surface area (Å²) in [5, 5.41) is 11.1. The van der Waals surface area contributed by atoms with E-state index < -0.39 is 0 Å². The van der Waals surface area contributed by atoms with E-state index >= 15 is 0 Å². The van der Waals surface area contributed by atoms with Crippen molar-refractivity contribution < 1.29 is 0 Å². The van der Waals surface area contributed by atoms with Crippen molar-refractivity contribution in [2.45, 2.75) is 13.8 Å². The van der Waals surface area contributed by atoms with Gasteiger partial charge in [-0.15, -0.1) is 5.11 Å². The van der Waals surface area contributed by atoms with Gasteiger partial charge >= 0.3 is 0 Å². The number of hydrazine groups is 1. The maximum atomic E-state index is 4.36. The van der Waals surface area contributed by atoms with Gasteiger partial charge in [-0.25, -0.2) is 10.4 Å². The molecule has 0 aliphatic rings. The maximum absolute atomic E-state index is 4.36. The topological polar surface area (TPSA) is 52.9 Å². The quantitative estimate of drug-likeness (QED) is 0.500. The lowest BCUT2D eigenvalue weighted by atomic mass is 10.2. The van der Waals surface area contributed by atoms with Gasteiger partial charge in [0.05, 0.1) is 17.1 Å². The zero-order valence-electron chi connectivity index (χ0n) is 13.7. The molecule has 1 N–H and O–H groups in total. The van der Waals surface area contributed by atoms with Gasteiger partial charge in [0.2, 0.25) is 5.13 Å². The molecule has 0 unspecified atom stereocenters. The van der Waals surface area contributed by atoms with Gasteiger partial charge in [-0.1, -0.05) is 47.7 Å². The Morgan fingerprint density at radius 3 is 2.04 bits per heavy atom. The van der Waals surface area contributed by atoms with Crippen LogP contribution in [0.25, 0.3) is 0 Å². The number of thiazole rings is 1. The highest BCUT2D eigenvalue weighted by molar-refractivity contribution is 7.15. The number of rotatable bonds is 6. The smallest absolute Gasteiger partial charge is 0.229 e. The predicted octanol–water partition coefficient (Wildman–Crippen LogP) is 5.14. The SMILES string of the molecule is Cc1nc(/N=N/CNN(c2ccccc2)c2ccccc2)sc1C. The first-order valence-electron chi connectivity index (χ1n) is 7.69. The normalized spacial score (nSPS) is 11.1. The van der Waals surface area contributed by atoms with Crippen molar-refractivity contribution in [1.29, 1.82) is 0 Å². The summed E-state index contributed by atoms with van der Waals surface area (Å²) < 4.78 is 0. The average molecular weight is 337 g/mol. The molecule has 0 bridgehead atoms. The van der Waals surface area contributed by atoms with Crippen molar-refractivity contribution in [1.82, 2.24) is 10.4 Å². The number of benzene rings is 2. The van der Waals surface area contributed by atoms with Crippen LogP contribution in [-0.2, 0) is 0 Å². The molecule has 0 aliphatic carbocycles. The van der Waals surface area contributed by atoms with E-state index in [2.05, 4.69) is 20.6 Å². The first-order chi connectivity index (χ1) is 11.7. The summed E-state index contributed by atoms with van der Waals surface area (Å²) in [5.74, 6) is 0. The molecule has 0 amide bonds. The number of aromatic nitrogens is 1. The monoisotopic (exact) mass is 337 g/mol. The molecule has 3 rings (SSSR count). The lowest BCUT2D eigenvalue weighted by Gasteiger charge is -2.24. The molecule has 5 nitrogen and oxygen atoms in total. The predicted molar refractivity (Wildman–Crippen MR) is 99.1 cm³/mol. The maximum Gasteiger partial charge on any atom is 0.229 e. The second kappa shape index (κ2) is 7.81. The van der Waals surface area contributed by atoms with Crippen molar-refractivity contribution in [3.05, 3.63) is 71.2 Å². The molecule has 0 radical (unpaired) electrons. The van der Waals surface area contributed by atoms with Gasteiger partial charge in [-0.3, -0.25) is 5.01 Å². The zero-order chi connectivity index (χ0) is 16.8. The number of aryl methyl sites for hydroxylation is 2. The van der Waals surface area contributed by atoms with Crippen LogP contribution in [0.2, 0.25) is 0 Å². The molecule has 1 heterocycles. The molecule has 24 heavy (non-hydrogen) atoms. The number of hydrogen-bond donors (Lipinski definition) is 1. The lowest BCUT2D eigenvalue weighted by molar-refractivity contribution is 0.702. The van der Waals surface area contributed by atoms with Gasteiger partial charge in [0.15, 0.2) is 0 Å². The number of nitrogens with one attached hydrogen (secondary N) is 1. The highest BCUT2D eigenvalue weighted by Gasteiger charge is 2.07. The number of hydrogen-bond acceptors (Lipinski definition) is 6. The summed E-state index contributed by atoms with van der Waals surface area (Å²) in [6, 6.07) is 20.2. The van der Waals surface area contributed by atoms with Gasteiger partial charge in [-0.2, -0.15) is 5.11 Å². The standard InChI is InChI=1S/C18H19N5S/c1-14-15(2)24-18(21-14)22-19-13-20-23(16-9-5-3-6-10-16)17-11-7-4-8-12-17/h3-12,20H,13H2,1-2H3/b22-19+. The van der Waals surface area contributed by atoms with E-state index in [-0.39, 0.29) is 0 Å². The van der Waals surface area contributed by atoms with Crippen LogP contribution < -0.4 is 10.4 Å². The minimum atomic E-state index is 0.363. The highest BCUT2D eigenvalue weighted by atomic mass is 32.1. The summed E-state index contributed by atoms with van der Waals surface area (Å²) in [6.45, 7) is 4.38. The molecule has 0 saturated carbocycles. The Bertz CT molecular complexity index is 740. The summed E-state index contributed by atoms with van der Waals surface area (Å²) in [4.78, 5) is 5.53. The molecule has 0 atom stereocenters. The average Bonchev–Trinajstić information content (AvgIpc) is 2.94. The van der Waals surface area contributed by atoms with Gasteiger partial charge in [0.25, 0.3) is 0 Å². The molecule has 0 saturated heterocycles. The first-order valence-corrected chi connectivity index (χ1v) is 8.51. The molecule has 6 heteroatoms. The number of azo groups is 1. The largest absolute Gasteiger partial charge is 0.275 e. The summed E-state index contributed by atoms with van der Waals surface area (Å²) in [7, 11) is 0. The van der Waals surface area contributed by atoms with E-state index in [1.807, 2.05) is 79.5 Å². The number of para-hydroxylation sites is 2. The van der Waals surface area contributed by atoms with Crippen molar-refractivity contribution in [3.63, 3.8) is 0 Å². The van der Waals surface area contributed by atoms with Crippen LogP contribution in [0.3, 0.4) is 0 Å². The molecule has 0 fully saturated rings. The molecule has 1 aromatic heterocycles. The summed E-state index contributed by atoms with van der Waals surface area (Å²) >= 11 is 1.55. The summed E-state index contributed by atoms with van der Waals surface area (Å²) in [5.41, 5.74) is 6.39. The Kier molecular flexibility index (Phi) is 5.30. The van der Waals surface area contributed by atoms with Crippen LogP contribution in [0.5, 0.6) is 0 Å². The van der Waals surface area contributed by atoms with Crippen LogP contribution >= 0.6 is 11.3 Å². The minimum Gasteiger partial charge on any atom is -0.275 e. The van der Waals surface area contributed by atoms with E-state index in [1.165, 1.54) is 4.88 Å². The first kappa shape index (κ1) is 16.3. The molecule has 3 aromatic rings. The molecular formula is C18H19N5S. The number of anilines is 2. The fourth-order valence-electron chi connectivity index (χ4n) is 2.18. The van der Waals surface area contributed by atoms with Crippen LogP contribution in [-0.4, -0.2) is 11.7 Å². The zero-order valence-corrected chi connectivity index (χ0v) is 14.5. The van der Waals surface area contributed by atoms with Gasteiger partial charge in [-0.05, 0) is 38.1 Å². The van der Waals surface area contributed by atoms with Gasteiger partial charge in [0, 0.05) is 4.88 Å². The molecular weight excluding hydrogens is 318 g/mol. The van der Waals surface area contributed by atoms with E-state index in [0.717, 1.165) is 17.1 Å². The highest BCUT2D eigenvalue weighted by Crippen LogP contribution is 2.24. The van der Waals surface area contributed by atoms with E-state index in [0.29, 0.717) is 11.8 Å².